The molecule has 2 N–H and O–H groups in total. The van der Waals surface area contributed by atoms with Crippen molar-refractivity contribution in [2.24, 2.45) is 11.8 Å². The number of likely N-dealkylation sites (tertiary alicyclic amines) is 1. The fourth-order valence-electron chi connectivity index (χ4n) is 5.65. The Morgan fingerprint density at radius 2 is 1.83 bits per heavy atom. The lowest BCUT2D eigenvalue weighted by Gasteiger charge is -2.34. The van der Waals surface area contributed by atoms with Crippen molar-refractivity contribution in [1.82, 2.24) is 20.4 Å². The molecule has 7 nitrogen and oxygen atoms in total. The Morgan fingerprint density at radius 3 is 2.57 bits per heavy atom. The van der Waals surface area contributed by atoms with Crippen LogP contribution in [0.5, 0.6) is 0 Å². The van der Waals surface area contributed by atoms with E-state index in [0.29, 0.717) is 18.5 Å². The number of carbonyl (C=O) groups is 3. The van der Waals surface area contributed by atoms with Gasteiger partial charge in [-0.3, -0.25) is 24.6 Å². The maximum atomic E-state index is 12.8. The Labute approximate surface area is 177 Å². The Kier molecular flexibility index (Phi) is 5.33. The molecule has 3 fully saturated rings. The molecule has 160 valence electrons. The lowest BCUT2D eigenvalue weighted by atomic mass is 9.83. The van der Waals surface area contributed by atoms with Crippen molar-refractivity contribution in [2.45, 2.75) is 51.2 Å². The largest absolute Gasteiger partial charge is 0.322 e. The topological polar surface area (TPSA) is 81.8 Å². The average Bonchev–Trinajstić information content (AvgIpc) is 3.37. The fraction of sp³-hybridized carbons (Fsp3) is 0.609. The maximum absolute atomic E-state index is 12.8. The number of rotatable bonds is 4. The van der Waals surface area contributed by atoms with Gasteiger partial charge in [0.2, 0.25) is 11.8 Å². The number of piperidine rings is 2. The van der Waals surface area contributed by atoms with Crippen LogP contribution >= 0.6 is 0 Å². The molecule has 30 heavy (non-hydrogen) atoms. The number of carbonyl (C=O) groups excluding carboxylic acids is 3. The molecule has 4 heterocycles. The van der Waals surface area contributed by atoms with Crippen molar-refractivity contribution in [1.29, 1.82) is 0 Å². The highest BCUT2D eigenvalue weighted by atomic mass is 16.2. The van der Waals surface area contributed by atoms with Crippen LogP contribution in [0.15, 0.2) is 18.2 Å². The summed E-state index contributed by atoms with van der Waals surface area (Å²) in [5.74, 6) is 1.01. The number of hydrogen-bond acceptors (Lipinski definition) is 5. The number of nitrogens with one attached hydrogen (secondary N) is 2. The molecule has 1 aromatic rings. The molecular formula is C23H30N4O3. The molecule has 2 unspecified atom stereocenters. The van der Waals surface area contributed by atoms with E-state index in [1.807, 2.05) is 6.07 Å². The highest BCUT2D eigenvalue weighted by molar-refractivity contribution is 6.05. The highest BCUT2D eigenvalue weighted by Gasteiger charge is 2.39. The van der Waals surface area contributed by atoms with Crippen molar-refractivity contribution in [3.8, 4) is 0 Å². The van der Waals surface area contributed by atoms with Crippen LogP contribution in [-0.4, -0.2) is 59.7 Å². The van der Waals surface area contributed by atoms with Gasteiger partial charge in [-0.2, -0.15) is 0 Å². The second kappa shape index (κ2) is 8.12. The first-order valence-electron chi connectivity index (χ1n) is 11.3. The van der Waals surface area contributed by atoms with E-state index in [0.717, 1.165) is 37.0 Å². The number of nitrogens with zero attached hydrogens (tertiary/aromatic N) is 2. The second-order valence-electron chi connectivity index (χ2n) is 9.26. The van der Waals surface area contributed by atoms with Crippen molar-refractivity contribution in [3.05, 3.63) is 34.9 Å². The molecule has 0 radical (unpaired) electrons. The van der Waals surface area contributed by atoms with Crippen LogP contribution in [0.4, 0.5) is 0 Å². The van der Waals surface area contributed by atoms with E-state index >= 15 is 0 Å². The van der Waals surface area contributed by atoms with E-state index in [1.54, 1.807) is 4.90 Å². The minimum atomic E-state index is -0.546. The maximum Gasteiger partial charge on any atom is 0.255 e. The van der Waals surface area contributed by atoms with Crippen molar-refractivity contribution in [2.75, 3.05) is 26.2 Å². The number of hydrogen-bond donors (Lipinski definition) is 2. The zero-order valence-corrected chi connectivity index (χ0v) is 17.4. The molecule has 2 atom stereocenters. The summed E-state index contributed by atoms with van der Waals surface area (Å²) in [4.78, 5) is 40.6. The minimum absolute atomic E-state index is 0.1000. The van der Waals surface area contributed by atoms with E-state index < -0.39 is 6.04 Å². The predicted octanol–water partition coefficient (Wildman–Crippen LogP) is 1.27. The number of fused-ring (bicyclic) bond motifs is 1. The molecule has 0 aromatic heterocycles. The first-order chi connectivity index (χ1) is 14.6. The van der Waals surface area contributed by atoms with Crippen LogP contribution in [0.1, 0.15) is 53.6 Å². The van der Waals surface area contributed by atoms with Gasteiger partial charge in [-0.15, -0.1) is 0 Å². The first kappa shape index (κ1) is 19.7. The van der Waals surface area contributed by atoms with Crippen LogP contribution in [-0.2, 0) is 22.7 Å². The Morgan fingerprint density at radius 1 is 1.00 bits per heavy atom. The van der Waals surface area contributed by atoms with Crippen LogP contribution in [0.3, 0.4) is 0 Å². The molecule has 3 saturated heterocycles. The highest BCUT2D eigenvalue weighted by Crippen LogP contribution is 2.31. The van der Waals surface area contributed by atoms with Crippen LogP contribution in [0.25, 0.3) is 0 Å². The normalized spacial score (nSPS) is 28.1. The van der Waals surface area contributed by atoms with Gasteiger partial charge in [0.05, 0.1) is 0 Å². The summed E-state index contributed by atoms with van der Waals surface area (Å²) < 4.78 is 0. The Balaban J connectivity index is 1.21. The lowest BCUT2D eigenvalue weighted by molar-refractivity contribution is -0.136. The van der Waals surface area contributed by atoms with Gasteiger partial charge in [-0.25, -0.2) is 0 Å². The van der Waals surface area contributed by atoms with Gasteiger partial charge in [0, 0.05) is 25.1 Å². The van der Waals surface area contributed by atoms with E-state index in [1.165, 1.54) is 37.9 Å². The summed E-state index contributed by atoms with van der Waals surface area (Å²) in [5, 5.41) is 5.85. The summed E-state index contributed by atoms with van der Waals surface area (Å²) in [6.45, 7) is 6.00. The van der Waals surface area contributed by atoms with Gasteiger partial charge in [0.15, 0.2) is 0 Å². The number of imide groups is 1. The molecule has 3 amide bonds. The van der Waals surface area contributed by atoms with Crippen molar-refractivity contribution in [3.63, 3.8) is 0 Å². The minimum Gasteiger partial charge on any atom is -0.322 e. The first-order valence-corrected chi connectivity index (χ1v) is 11.3. The third-order valence-electron chi connectivity index (χ3n) is 7.39. The van der Waals surface area contributed by atoms with Gasteiger partial charge >= 0.3 is 0 Å². The van der Waals surface area contributed by atoms with Gasteiger partial charge in [-0.1, -0.05) is 12.1 Å². The SMILES string of the molecule is O=C1CCC(N2Cc3cc(CN4CCC(C5CCNC5)CC4)ccc3C2=O)C(=O)N1. The summed E-state index contributed by atoms with van der Waals surface area (Å²) in [6, 6.07) is 5.55. The van der Waals surface area contributed by atoms with E-state index in [-0.39, 0.29) is 24.1 Å². The van der Waals surface area contributed by atoms with E-state index in [2.05, 4.69) is 27.7 Å². The molecule has 4 aliphatic rings. The summed E-state index contributed by atoms with van der Waals surface area (Å²) >= 11 is 0. The van der Waals surface area contributed by atoms with Gasteiger partial charge < -0.3 is 10.2 Å². The third-order valence-corrected chi connectivity index (χ3v) is 7.39. The fourth-order valence-corrected chi connectivity index (χ4v) is 5.65. The molecular weight excluding hydrogens is 380 g/mol. The standard InChI is InChI=1S/C23H30N4O3/c28-21-4-3-20(22(29)25-21)27-14-18-11-15(1-2-19(18)23(27)30)13-26-9-6-16(7-10-26)17-5-8-24-12-17/h1-2,11,16-17,20,24H,3-10,12-14H2,(H,25,28,29). The summed E-state index contributed by atoms with van der Waals surface area (Å²) in [7, 11) is 0. The van der Waals surface area contributed by atoms with Crippen LogP contribution < -0.4 is 10.6 Å². The van der Waals surface area contributed by atoms with Gasteiger partial charge in [0.25, 0.3) is 5.91 Å². The lowest BCUT2D eigenvalue weighted by Crippen LogP contribution is -2.52. The van der Waals surface area contributed by atoms with Gasteiger partial charge in [0.1, 0.15) is 6.04 Å². The van der Waals surface area contributed by atoms with E-state index in [4.69, 9.17) is 0 Å². The zero-order valence-electron chi connectivity index (χ0n) is 17.4. The molecule has 1 aromatic carbocycles. The van der Waals surface area contributed by atoms with Crippen molar-refractivity contribution >= 4 is 17.7 Å². The summed E-state index contributed by atoms with van der Waals surface area (Å²) in [6.07, 6.45) is 4.57. The van der Waals surface area contributed by atoms with E-state index in [9.17, 15) is 14.4 Å². The Hall–Kier alpha value is -2.25. The number of benzene rings is 1. The monoisotopic (exact) mass is 410 g/mol. The molecule has 0 bridgehead atoms. The third kappa shape index (κ3) is 3.76. The average molecular weight is 411 g/mol. The molecule has 0 saturated carbocycles. The van der Waals surface area contributed by atoms with Crippen molar-refractivity contribution < 1.29 is 14.4 Å². The molecule has 7 heteroatoms. The smallest absolute Gasteiger partial charge is 0.255 e. The van der Waals surface area contributed by atoms with Gasteiger partial charge in [-0.05, 0) is 80.9 Å². The number of amides is 3. The molecule has 4 aliphatic heterocycles. The second-order valence-corrected chi connectivity index (χ2v) is 9.26. The molecule has 0 spiro atoms. The van der Waals surface area contributed by atoms with Crippen LogP contribution in [0.2, 0.25) is 0 Å². The zero-order chi connectivity index (χ0) is 20.7. The summed E-state index contributed by atoms with van der Waals surface area (Å²) in [5.41, 5.74) is 2.91. The predicted molar refractivity (Wildman–Crippen MR) is 111 cm³/mol. The Bertz CT molecular complexity index is 856. The molecule has 0 aliphatic carbocycles. The van der Waals surface area contributed by atoms with Crippen LogP contribution in [0, 0.1) is 11.8 Å². The molecule has 5 rings (SSSR count). The quantitative estimate of drug-likeness (QED) is 0.731.